The molecule has 4 fully saturated rings. The summed E-state index contributed by atoms with van der Waals surface area (Å²) >= 11 is 0. The predicted octanol–water partition coefficient (Wildman–Crippen LogP) is 7.79. The third kappa shape index (κ3) is 9.32. The maximum atomic E-state index is 13.6. The Labute approximate surface area is 390 Å². The molecule has 2 aliphatic carbocycles. The minimum Gasteiger partial charge on any atom is -0.482 e. The molecule has 12 rings (SSSR count). The molecule has 6 aromatic rings. The van der Waals surface area contributed by atoms with E-state index in [-0.39, 0.29) is 23.7 Å². The number of aryl methyl sites for hydroxylation is 4. The summed E-state index contributed by atoms with van der Waals surface area (Å²) in [4.78, 5) is 14.3. The Morgan fingerprint density at radius 1 is 0.515 bits per heavy atom. The maximum Gasteiger partial charge on any atom is 0.242 e. The van der Waals surface area contributed by atoms with Crippen LogP contribution in [0.2, 0.25) is 0 Å². The average Bonchev–Trinajstić information content (AvgIpc) is 4.03. The highest BCUT2D eigenvalue weighted by Crippen LogP contribution is 2.42. The molecule has 20 heteroatoms. The Morgan fingerprint density at radius 2 is 0.897 bits per heavy atom. The van der Waals surface area contributed by atoms with Gasteiger partial charge in [-0.05, 0) is 101 Å². The summed E-state index contributed by atoms with van der Waals surface area (Å²) in [6.07, 6.45) is 10.7. The molecule has 8 heterocycles. The monoisotopic (exact) mass is 934 g/mol. The first-order chi connectivity index (χ1) is 33.0. The molecule has 8 atom stereocenters. The SMILES string of the molecule is Cc1cc(N2C[C@H]3CC[C@@H](C2)C3Nc2nc3n(n2)CCC[C@@H]3Oc2cc(F)cc(F)c2)cnn1.Cc1cc(N2C[C@H]3CC[C@@H](C2)C3Nc2nc3n(n2)CCC[C@H]3Oc2cc(F)cc(F)c2)cnn1. The molecule has 0 radical (unpaired) electrons. The van der Waals surface area contributed by atoms with Gasteiger partial charge in [0.15, 0.2) is 23.9 Å². The molecule has 6 aliphatic rings. The number of nitrogens with zero attached hydrogens (tertiary/aromatic N) is 12. The minimum absolute atomic E-state index is 0.166. The quantitative estimate of drug-likeness (QED) is 0.128. The van der Waals surface area contributed by atoms with Crippen molar-refractivity contribution in [3.8, 4) is 11.5 Å². The zero-order chi connectivity index (χ0) is 46.5. The van der Waals surface area contributed by atoms with Gasteiger partial charge in [-0.2, -0.15) is 30.4 Å². The van der Waals surface area contributed by atoms with Crippen LogP contribution in [0.3, 0.4) is 0 Å². The molecule has 2 saturated heterocycles. The normalized spacial score (nSPS) is 25.8. The first-order valence-corrected chi connectivity index (χ1v) is 23.8. The molecule has 2 saturated carbocycles. The van der Waals surface area contributed by atoms with Crippen LogP contribution in [0, 0.1) is 60.8 Å². The number of nitrogens with one attached hydrogen (secondary N) is 2. The van der Waals surface area contributed by atoms with Gasteiger partial charge >= 0.3 is 0 Å². The summed E-state index contributed by atoms with van der Waals surface area (Å²) in [5, 5.41) is 33.0. The molecule has 2 N–H and O–H groups in total. The zero-order valence-electron chi connectivity index (χ0n) is 38.0. The van der Waals surface area contributed by atoms with E-state index < -0.39 is 23.3 Å². The Hall–Kier alpha value is -6.60. The molecule has 4 aliphatic heterocycles. The van der Waals surface area contributed by atoms with Gasteiger partial charge in [0.25, 0.3) is 0 Å². The van der Waals surface area contributed by atoms with Crippen LogP contribution in [0.4, 0.5) is 40.8 Å². The van der Waals surface area contributed by atoms with Crippen LogP contribution < -0.4 is 29.9 Å². The minimum atomic E-state index is -0.658. The highest BCUT2D eigenvalue weighted by atomic mass is 19.1. The highest BCUT2D eigenvalue weighted by Gasteiger charge is 2.44. The van der Waals surface area contributed by atoms with Crippen LogP contribution >= 0.6 is 0 Å². The lowest BCUT2D eigenvalue weighted by atomic mass is 9.92. The van der Waals surface area contributed by atoms with Gasteiger partial charge in [0.2, 0.25) is 11.9 Å². The van der Waals surface area contributed by atoms with Gasteiger partial charge in [-0.15, -0.1) is 10.2 Å². The lowest BCUT2D eigenvalue weighted by Gasteiger charge is -2.39. The number of halogens is 4. The Bertz CT molecular complexity index is 2520. The second-order valence-electron chi connectivity index (χ2n) is 19.2. The predicted molar refractivity (Wildman–Crippen MR) is 243 cm³/mol. The van der Waals surface area contributed by atoms with Crippen molar-refractivity contribution in [3.05, 3.63) is 107 Å². The van der Waals surface area contributed by atoms with Crippen LogP contribution in [-0.4, -0.2) is 88.2 Å². The summed E-state index contributed by atoms with van der Waals surface area (Å²) in [6, 6.07) is 11.3. The van der Waals surface area contributed by atoms with Crippen molar-refractivity contribution in [1.29, 1.82) is 0 Å². The van der Waals surface area contributed by atoms with Gasteiger partial charge in [-0.3, -0.25) is 0 Å². The van der Waals surface area contributed by atoms with E-state index in [1.165, 1.54) is 49.9 Å². The van der Waals surface area contributed by atoms with Crippen LogP contribution in [0.15, 0.2) is 60.9 Å². The van der Waals surface area contributed by atoms with Gasteiger partial charge in [0.05, 0.1) is 35.2 Å². The number of ether oxygens (including phenoxy) is 2. The van der Waals surface area contributed by atoms with Gasteiger partial charge < -0.3 is 29.9 Å². The van der Waals surface area contributed by atoms with Crippen molar-refractivity contribution in [2.24, 2.45) is 23.7 Å². The summed E-state index contributed by atoms with van der Waals surface area (Å²) in [5.74, 6) is 2.28. The number of benzene rings is 2. The van der Waals surface area contributed by atoms with Gasteiger partial charge in [0.1, 0.15) is 34.8 Å². The van der Waals surface area contributed by atoms with E-state index in [9.17, 15) is 17.6 Å². The van der Waals surface area contributed by atoms with E-state index in [2.05, 4.69) is 53.0 Å². The number of anilines is 4. The van der Waals surface area contributed by atoms with Crippen molar-refractivity contribution < 1.29 is 27.0 Å². The van der Waals surface area contributed by atoms with Crippen LogP contribution in [0.25, 0.3) is 0 Å². The molecule has 2 aromatic carbocycles. The molecule has 0 spiro atoms. The molecular weight excluding hydrogens is 881 g/mol. The van der Waals surface area contributed by atoms with Crippen LogP contribution in [0.5, 0.6) is 11.5 Å². The largest absolute Gasteiger partial charge is 0.482 e. The standard InChI is InChI=1S/2C24H27F2N7O/c2*1-14-7-19(11-27-30-14)32-12-15-4-5-16(13-32)22(15)28-24-29-23-21(3-2-6-33(23)31-24)34-20-9-17(25)8-18(26)10-20/h2*7-11,15-16,21-22H,2-6,12-13H2,1H3,(H,28,31)/t2*15-,16+,21-,22?/m10/s1. The van der Waals surface area contributed by atoms with Gasteiger partial charge in [0, 0.05) is 87.8 Å². The van der Waals surface area contributed by atoms with Crippen molar-refractivity contribution in [1.82, 2.24) is 49.9 Å². The lowest BCUT2D eigenvalue weighted by molar-refractivity contribution is 0.154. The van der Waals surface area contributed by atoms with Crippen molar-refractivity contribution in [3.63, 3.8) is 0 Å². The van der Waals surface area contributed by atoms with E-state index >= 15 is 0 Å². The molecule has 356 valence electrons. The number of hydrogen-bond donors (Lipinski definition) is 2. The second kappa shape index (κ2) is 18.5. The van der Waals surface area contributed by atoms with E-state index in [1.807, 2.05) is 35.6 Å². The molecule has 4 aromatic heterocycles. The summed E-state index contributed by atoms with van der Waals surface area (Å²) in [5.41, 5.74) is 4.12. The lowest BCUT2D eigenvalue weighted by Crippen LogP contribution is -2.48. The fourth-order valence-corrected chi connectivity index (χ4v) is 11.4. The summed E-state index contributed by atoms with van der Waals surface area (Å²) < 4.78 is 70.0. The number of hydrogen-bond acceptors (Lipinski definition) is 14. The van der Waals surface area contributed by atoms with E-state index in [0.29, 0.717) is 59.3 Å². The highest BCUT2D eigenvalue weighted by molar-refractivity contribution is 5.48. The molecule has 0 amide bonds. The topological polar surface area (TPSA) is 162 Å². The Morgan fingerprint density at radius 3 is 1.26 bits per heavy atom. The van der Waals surface area contributed by atoms with Gasteiger partial charge in [-0.25, -0.2) is 26.9 Å². The number of aromatic nitrogens is 10. The first kappa shape index (κ1) is 43.9. The molecule has 2 unspecified atom stereocenters. The third-order valence-electron chi connectivity index (χ3n) is 14.4. The number of rotatable bonds is 10. The number of fused-ring (bicyclic) bond motifs is 6. The molecule has 16 nitrogen and oxygen atoms in total. The number of piperidine rings is 2. The van der Waals surface area contributed by atoms with E-state index in [0.717, 1.165) is 99.8 Å². The molecule has 4 bridgehead atoms. The first-order valence-electron chi connectivity index (χ1n) is 23.8. The zero-order valence-corrected chi connectivity index (χ0v) is 38.0. The third-order valence-corrected chi connectivity index (χ3v) is 14.4. The fraction of sp³-hybridized carbons (Fsp3) is 0.500. The molecule has 68 heavy (non-hydrogen) atoms. The average molecular weight is 935 g/mol. The van der Waals surface area contributed by atoms with E-state index in [4.69, 9.17) is 29.6 Å². The summed E-state index contributed by atoms with van der Waals surface area (Å²) in [6.45, 7) is 9.28. The smallest absolute Gasteiger partial charge is 0.242 e. The van der Waals surface area contributed by atoms with Gasteiger partial charge in [-0.1, -0.05) is 0 Å². The van der Waals surface area contributed by atoms with Crippen molar-refractivity contribution in [2.75, 3.05) is 46.6 Å². The fourth-order valence-electron chi connectivity index (χ4n) is 11.4. The van der Waals surface area contributed by atoms with Crippen LogP contribution in [-0.2, 0) is 13.1 Å². The van der Waals surface area contributed by atoms with Crippen LogP contribution in [0.1, 0.15) is 86.6 Å². The Balaban J connectivity index is 0.000000149. The summed E-state index contributed by atoms with van der Waals surface area (Å²) in [7, 11) is 0. The van der Waals surface area contributed by atoms with E-state index in [1.54, 1.807) is 0 Å². The van der Waals surface area contributed by atoms with Crippen molar-refractivity contribution >= 4 is 23.3 Å². The maximum absolute atomic E-state index is 13.6. The molecular formula is C48H54F4N14O2. The Kier molecular flexibility index (Phi) is 11.9. The second-order valence-corrected chi connectivity index (χ2v) is 19.2. The van der Waals surface area contributed by atoms with Crippen molar-refractivity contribution in [2.45, 2.75) is 103 Å².